The first kappa shape index (κ1) is 17.8. The molecule has 1 amide bonds. The van der Waals surface area contributed by atoms with Crippen LogP contribution in [-0.4, -0.2) is 18.0 Å². The Balaban J connectivity index is 2.63. The summed E-state index contributed by atoms with van der Waals surface area (Å²) >= 11 is 11.9. The number of rotatable bonds is 6. The van der Waals surface area contributed by atoms with E-state index in [1.54, 1.807) is 32.0 Å². The van der Waals surface area contributed by atoms with Crippen molar-refractivity contribution in [2.45, 2.75) is 45.8 Å². The quantitative estimate of drug-likeness (QED) is 0.804. The molecule has 0 fully saturated rings. The smallest absolute Gasteiger partial charge is 0.306 e. The number of carbonyl (C=O) groups excluding carboxylic acids is 2. The van der Waals surface area contributed by atoms with Gasteiger partial charge in [0, 0.05) is 16.5 Å². The molecule has 1 N–H and O–H groups in total. The van der Waals surface area contributed by atoms with Gasteiger partial charge in [-0.05, 0) is 38.0 Å². The van der Waals surface area contributed by atoms with Crippen LogP contribution in [0.5, 0.6) is 0 Å². The molecular weight excluding hydrogens is 313 g/mol. The summed E-state index contributed by atoms with van der Waals surface area (Å²) in [5, 5.41) is 3.77. The molecule has 1 rings (SSSR count). The standard InChI is InChI=1S/C15H19Cl2NO3/c1-4-5-14(19)21-10(3)15(20)18-9(2)12-7-6-11(16)8-13(12)17/h6-10H,4-5H2,1-3H3,(H,18,20)/t9-,10-/m0/s1. The number of carbonyl (C=O) groups is 2. The van der Waals surface area contributed by atoms with E-state index in [1.165, 1.54) is 0 Å². The van der Waals surface area contributed by atoms with Gasteiger partial charge in [0.1, 0.15) is 0 Å². The van der Waals surface area contributed by atoms with Gasteiger partial charge in [-0.25, -0.2) is 0 Å². The molecule has 0 bridgehead atoms. The van der Waals surface area contributed by atoms with Gasteiger partial charge in [0.25, 0.3) is 5.91 Å². The average molecular weight is 332 g/mol. The van der Waals surface area contributed by atoms with Crippen LogP contribution in [0.25, 0.3) is 0 Å². The molecule has 116 valence electrons. The fraction of sp³-hybridized carbons (Fsp3) is 0.467. The molecule has 0 aliphatic rings. The molecule has 0 aliphatic heterocycles. The van der Waals surface area contributed by atoms with Crippen molar-refractivity contribution in [3.05, 3.63) is 33.8 Å². The van der Waals surface area contributed by atoms with Gasteiger partial charge in [-0.1, -0.05) is 36.2 Å². The molecule has 0 aromatic heterocycles. The van der Waals surface area contributed by atoms with Gasteiger partial charge in [-0.2, -0.15) is 0 Å². The lowest BCUT2D eigenvalue weighted by atomic mass is 10.1. The van der Waals surface area contributed by atoms with E-state index >= 15 is 0 Å². The molecule has 6 heteroatoms. The summed E-state index contributed by atoms with van der Waals surface area (Å²) in [4.78, 5) is 23.4. The second-order valence-corrected chi connectivity index (χ2v) is 5.62. The summed E-state index contributed by atoms with van der Waals surface area (Å²) in [7, 11) is 0. The Morgan fingerprint density at radius 3 is 2.52 bits per heavy atom. The number of hydrogen-bond acceptors (Lipinski definition) is 3. The summed E-state index contributed by atoms with van der Waals surface area (Å²) in [6, 6.07) is 4.76. The summed E-state index contributed by atoms with van der Waals surface area (Å²) in [5.41, 5.74) is 0.751. The molecule has 0 saturated heterocycles. The van der Waals surface area contributed by atoms with E-state index in [9.17, 15) is 9.59 Å². The number of benzene rings is 1. The lowest BCUT2D eigenvalue weighted by molar-refractivity contribution is -0.155. The predicted molar refractivity (Wildman–Crippen MR) is 83.5 cm³/mol. The number of nitrogens with one attached hydrogen (secondary N) is 1. The SMILES string of the molecule is CCCC(=O)O[C@@H](C)C(=O)N[C@@H](C)c1ccc(Cl)cc1Cl. The third-order valence-corrected chi connectivity index (χ3v) is 3.48. The molecule has 0 radical (unpaired) electrons. The van der Waals surface area contributed by atoms with Gasteiger partial charge in [0.15, 0.2) is 6.10 Å². The minimum atomic E-state index is -0.836. The Morgan fingerprint density at radius 2 is 1.95 bits per heavy atom. The van der Waals surface area contributed by atoms with E-state index in [1.807, 2.05) is 6.92 Å². The minimum Gasteiger partial charge on any atom is -0.453 e. The molecular formula is C15H19Cl2NO3. The normalized spacial score (nSPS) is 13.4. The van der Waals surface area contributed by atoms with Gasteiger partial charge < -0.3 is 10.1 Å². The summed E-state index contributed by atoms with van der Waals surface area (Å²) in [6.07, 6.45) is 0.151. The van der Waals surface area contributed by atoms with Gasteiger partial charge in [-0.15, -0.1) is 0 Å². The van der Waals surface area contributed by atoms with Gasteiger partial charge in [0.2, 0.25) is 0 Å². The van der Waals surface area contributed by atoms with Crippen molar-refractivity contribution in [1.82, 2.24) is 5.32 Å². The lowest BCUT2D eigenvalue weighted by Crippen LogP contribution is -2.37. The number of amides is 1. The van der Waals surface area contributed by atoms with Crippen LogP contribution in [0.2, 0.25) is 10.0 Å². The highest BCUT2D eigenvalue weighted by molar-refractivity contribution is 6.35. The zero-order valence-corrected chi connectivity index (χ0v) is 13.8. The third kappa shape index (κ3) is 5.56. The molecule has 1 aromatic carbocycles. The van der Waals surface area contributed by atoms with E-state index < -0.39 is 6.10 Å². The summed E-state index contributed by atoms with van der Waals surface area (Å²) in [6.45, 7) is 5.21. The molecule has 4 nitrogen and oxygen atoms in total. The topological polar surface area (TPSA) is 55.4 Å². The van der Waals surface area contributed by atoms with Crippen molar-refractivity contribution < 1.29 is 14.3 Å². The zero-order valence-electron chi connectivity index (χ0n) is 12.3. The number of halogens is 2. The van der Waals surface area contributed by atoms with E-state index in [0.717, 1.165) is 5.56 Å². The third-order valence-electron chi connectivity index (χ3n) is 2.92. The summed E-state index contributed by atoms with van der Waals surface area (Å²) < 4.78 is 5.03. The lowest BCUT2D eigenvalue weighted by Gasteiger charge is -2.19. The van der Waals surface area contributed by atoms with Crippen LogP contribution in [0, 0.1) is 0 Å². The van der Waals surface area contributed by atoms with Crippen molar-refractivity contribution in [3.63, 3.8) is 0 Å². The van der Waals surface area contributed by atoms with E-state index in [0.29, 0.717) is 22.9 Å². The second-order valence-electron chi connectivity index (χ2n) is 4.78. The maximum Gasteiger partial charge on any atom is 0.306 e. The Bertz CT molecular complexity index is 520. The molecule has 2 atom stereocenters. The van der Waals surface area contributed by atoms with E-state index in [-0.39, 0.29) is 17.9 Å². The number of ether oxygens (including phenoxy) is 1. The Kier molecular flexibility index (Phi) is 6.99. The van der Waals surface area contributed by atoms with E-state index in [2.05, 4.69) is 5.32 Å². The maximum absolute atomic E-state index is 12.0. The molecule has 0 aliphatic carbocycles. The molecule has 0 heterocycles. The predicted octanol–water partition coefficient (Wildman–Crippen LogP) is 3.90. The van der Waals surface area contributed by atoms with Crippen LogP contribution in [0.4, 0.5) is 0 Å². The first-order valence-corrected chi connectivity index (χ1v) is 7.55. The fourth-order valence-corrected chi connectivity index (χ4v) is 2.35. The Morgan fingerprint density at radius 1 is 1.29 bits per heavy atom. The van der Waals surface area contributed by atoms with Crippen LogP contribution in [-0.2, 0) is 14.3 Å². The van der Waals surface area contributed by atoms with Crippen LogP contribution in [0.1, 0.15) is 45.2 Å². The first-order chi connectivity index (χ1) is 9.85. The molecule has 0 spiro atoms. The van der Waals surface area contributed by atoms with Gasteiger partial charge >= 0.3 is 5.97 Å². The highest BCUT2D eigenvalue weighted by Crippen LogP contribution is 2.26. The Labute approximate surface area is 134 Å². The second kappa shape index (κ2) is 8.25. The zero-order chi connectivity index (χ0) is 16.0. The van der Waals surface area contributed by atoms with Crippen LogP contribution >= 0.6 is 23.2 Å². The van der Waals surface area contributed by atoms with Gasteiger partial charge in [0.05, 0.1) is 6.04 Å². The minimum absolute atomic E-state index is 0.302. The van der Waals surface area contributed by atoms with Crippen LogP contribution < -0.4 is 5.32 Å². The van der Waals surface area contributed by atoms with Crippen LogP contribution in [0.15, 0.2) is 18.2 Å². The van der Waals surface area contributed by atoms with Crippen molar-refractivity contribution in [1.29, 1.82) is 0 Å². The summed E-state index contributed by atoms with van der Waals surface area (Å²) in [5.74, 6) is -0.740. The van der Waals surface area contributed by atoms with Gasteiger partial charge in [-0.3, -0.25) is 9.59 Å². The Hall–Kier alpha value is -1.26. The molecule has 0 unspecified atom stereocenters. The van der Waals surface area contributed by atoms with Crippen molar-refractivity contribution >= 4 is 35.1 Å². The fourth-order valence-electron chi connectivity index (χ4n) is 1.77. The maximum atomic E-state index is 12.0. The largest absolute Gasteiger partial charge is 0.453 e. The first-order valence-electron chi connectivity index (χ1n) is 6.80. The van der Waals surface area contributed by atoms with Crippen LogP contribution in [0.3, 0.4) is 0 Å². The molecule has 1 aromatic rings. The number of hydrogen-bond donors (Lipinski definition) is 1. The van der Waals surface area contributed by atoms with Crippen molar-refractivity contribution in [3.8, 4) is 0 Å². The monoisotopic (exact) mass is 331 g/mol. The highest BCUT2D eigenvalue weighted by atomic mass is 35.5. The molecule has 0 saturated carbocycles. The average Bonchev–Trinajstić information content (AvgIpc) is 2.38. The van der Waals surface area contributed by atoms with Crippen molar-refractivity contribution in [2.24, 2.45) is 0 Å². The molecule has 21 heavy (non-hydrogen) atoms. The van der Waals surface area contributed by atoms with Crippen molar-refractivity contribution in [2.75, 3.05) is 0 Å². The van der Waals surface area contributed by atoms with E-state index in [4.69, 9.17) is 27.9 Å². The highest BCUT2D eigenvalue weighted by Gasteiger charge is 2.20. The number of esters is 1.